The number of ether oxygens (including phenoxy) is 5. The number of carbonyl (C=O) groups is 3. The third-order valence-electron chi connectivity index (χ3n) is 6.24. The smallest absolute Gasteiger partial charge is 0.338 e. The van der Waals surface area contributed by atoms with Crippen molar-refractivity contribution in [2.24, 2.45) is 0 Å². The Labute approximate surface area is 234 Å². The van der Waals surface area contributed by atoms with Gasteiger partial charge in [0.15, 0.2) is 34.7 Å². The zero-order valence-corrected chi connectivity index (χ0v) is 22.3. The van der Waals surface area contributed by atoms with Gasteiger partial charge in [0.05, 0.1) is 27.4 Å². The molecular formula is C28H30O13. The Bertz CT molecular complexity index is 1320. The van der Waals surface area contributed by atoms with Gasteiger partial charge in [-0.15, -0.1) is 0 Å². The second-order valence-electron chi connectivity index (χ2n) is 9.06. The maximum Gasteiger partial charge on any atom is 0.338 e. The number of hydrogen-bond acceptors (Lipinski definition) is 13. The number of aliphatic hydroxyl groups is 2. The van der Waals surface area contributed by atoms with Gasteiger partial charge in [-0.3, -0.25) is 0 Å². The van der Waals surface area contributed by atoms with Crippen molar-refractivity contribution < 1.29 is 63.6 Å². The van der Waals surface area contributed by atoms with Crippen molar-refractivity contribution in [1.29, 1.82) is 0 Å². The topological polar surface area (TPSA) is 199 Å². The number of rotatable bonds is 9. The van der Waals surface area contributed by atoms with Crippen molar-refractivity contribution in [1.82, 2.24) is 0 Å². The molecule has 0 bridgehead atoms. The highest BCUT2D eigenvalue weighted by molar-refractivity contribution is 5.89. The monoisotopic (exact) mass is 574 g/mol. The first-order valence-corrected chi connectivity index (χ1v) is 12.1. The molecule has 3 rings (SSSR count). The minimum Gasteiger partial charge on any atom is -0.504 e. The minimum absolute atomic E-state index is 0.0819. The van der Waals surface area contributed by atoms with Crippen LogP contribution in [0.1, 0.15) is 24.0 Å². The van der Waals surface area contributed by atoms with Gasteiger partial charge in [0, 0.05) is 25.0 Å². The van der Waals surface area contributed by atoms with E-state index in [2.05, 4.69) is 4.74 Å². The van der Waals surface area contributed by atoms with E-state index in [1.165, 1.54) is 56.7 Å². The lowest BCUT2D eigenvalue weighted by Gasteiger charge is -2.41. The van der Waals surface area contributed by atoms with E-state index in [4.69, 9.17) is 18.9 Å². The Morgan fingerprint density at radius 2 is 1.41 bits per heavy atom. The van der Waals surface area contributed by atoms with Crippen LogP contribution in [0.4, 0.5) is 0 Å². The van der Waals surface area contributed by atoms with Crippen LogP contribution in [0, 0.1) is 0 Å². The molecule has 0 amide bonds. The van der Waals surface area contributed by atoms with E-state index in [0.29, 0.717) is 11.1 Å². The fourth-order valence-electron chi connectivity index (χ4n) is 4.21. The highest BCUT2D eigenvalue weighted by atomic mass is 16.6. The number of carbonyl (C=O) groups excluding carboxylic acids is 3. The summed E-state index contributed by atoms with van der Waals surface area (Å²) in [5.41, 5.74) is -1.50. The van der Waals surface area contributed by atoms with Gasteiger partial charge < -0.3 is 49.2 Å². The molecule has 0 unspecified atom stereocenters. The Morgan fingerprint density at radius 3 is 1.98 bits per heavy atom. The predicted octanol–water partition coefficient (Wildman–Crippen LogP) is 1.43. The summed E-state index contributed by atoms with van der Waals surface area (Å²) in [6, 6.07) is 6.67. The number of phenolic OH excluding ortho intramolecular Hbond substituents is 3. The SMILES string of the molecule is COC(=O)[C@@]1(O)C[C@@H](O)[C@H](OC(=O)C=Cc2ccc(O)c(O)c2)[C@H](OC(=O)C=Cc2cc(OC)c(O)c(OC)c2)C1. The van der Waals surface area contributed by atoms with E-state index in [0.717, 1.165) is 19.3 Å². The fourth-order valence-corrected chi connectivity index (χ4v) is 4.21. The summed E-state index contributed by atoms with van der Waals surface area (Å²) in [6.45, 7) is 0. The summed E-state index contributed by atoms with van der Waals surface area (Å²) in [7, 11) is 3.70. The zero-order chi connectivity index (χ0) is 30.3. The molecule has 1 saturated carbocycles. The average Bonchev–Trinajstić information content (AvgIpc) is 2.94. The van der Waals surface area contributed by atoms with E-state index in [1.807, 2.05) is 0 Å². The van der Waals surface area contributed by atoms with Gasteiger partial charge in [0.2, 0.25) is 5.75 Å². The second kappa shape index (κ2) is 13.1. The number of hydrogen-bond donors (Lipinski definition) is 5. The molecule has 0 aliphatic heterocycles. The van der Waals surface area contributed by atoms with Crippen molar-refractivity contribution in [2.75, 3.05) is 21.3 Å². The summed E-state index contributed by atoms with van der Waals surface area (Å²) in [5.74, 6) is -3.85. The standard InChI is InChI=1S/C28H30O13/c1-37-20-11-16(12-21(38-2)25(20)34)6-9-23(32)40-22-14-28(36,27(35)39-3)13-19(31)26(22)41-24(33)8-5-15-4-7-17(29)18(30)10-15/h4-12,19,22,26,29-31,34,36H,13-14H2,1-3H3/t19-,22-,26+,28-/m1/s1. The lowest BCUT2D eigenvalue weighted by Crippen LogP contribution is -2.58. The van der Waals surface area contributed by atoms with Gasteiger partial charge in [0.1, 0.15) is 6.10 Å². The molecule has 2 aromatic carbocycles. The van der Waals surface area contributed by atoms with Crippen LogP contribution in [0.3, 0.4) is 0 Å². The van der Waals surface area contributed by atoms with Gasteiger partial charge in [-0.1, -0.05) is 6.07 Å². The molecule has 4 atom stereocenters. The summed E-state index contributed by atoms with van der Waals surface area (Å²) in [6.07, 6.45) is -1.13. The normalized spacial score (nSPS) is 22.3. The fraction of sp³-hybridized carbons (Fsp3) is 0.321. The van der Waals surface area contributed by atoms with Gasteiger partial charge >= 0.3 is 17.9 Å². The zero-order valence-electron chi connectivity index (χ0n) is 22.3. The molecule has 2 aromatic rings. The van der Waals surface area contributed by atoms with Crippen LogP contribution in [-0.4, -0.2) is 88.7 Å². The number of aliphatic hydroxyl groups excluding tert-OH is 1. The number of phenols is 3. The van der Waals surface area contributed by atoms with E-state index in [-0.39, 0.29) is 23.0 Å². The van der Waals surface area contributed by atoms with Gasteiger partial charge in [0.25, 0.3) is 0 Å². The first-order chi connectivity index (χ1) is 19.4. The Balaban J connectivity index is 1.80. The van der Waals surface area contributed by atoms with Crippen LogP contribution in [0.5, 0.6) is 28.7 Å². The van der Waals surface area contributed by atoms with Crippen molar-refractivity contribution in [3.05, 3.63) is 53.6 Å². The quantitative estimate of drug-likeness (QED) is 0.125. The molecule has 0 heterocycles. The largest absolute Gasteiger partial charge is 0.504 e. The third kappa shape index (κ3) is 7.47. The van der Waals surface area contributed by atoms with Crippen molar-refractivity contribution in [2.45, 2.75) is 36.8 Å². The molecule has 41 heavy (non-hydrogen) atoms. The van der Waals surface area contributed by atoms with Crippen LogP contribution in [0.2, 0.25) is 0 Å². The molecule has 5 N–H and O–H groups in total. The van der Waals surface area contributed by atoms with Crippen LogP contribution in [-0.2, 0) is 28.6 Å². The first kappa shape index (κ1) is 30.8. The number of methoxy groups -OCH3 is 3. The molecule has 220 valence electrons. The van der Waals surface area contributed by atoms with Crippen molar-refractivity contribution >= 4 is 30.1 Å². The van der Waals surface area contributed by atoms with E-state index in [9.17, 15) is 39.9 Å². The third-order valence-corrected chi connectivity index (χ3v) is 6.24. The molecule has 13 heteroatoms. The van der Waals surface area contributed by atoms with Crippen molar-refractivity contribution in [3.8, 4) is 28.7 Å². The maximum absolute atomic E-state index is 12.7. The van der Waals surface area contributed by atoms with Crippen molar-refractivity contribution in [3.63, 3.8) is 0 Å². The minimum atomic E-state index is -2.23. The number of aromatic hydroxyl groups is 3. The van der Waals surface area contributed by atoms with Crippen LogP contribution < -0.4 is 9.47 Å². The van der Waals surface area contributed by atoms with Crippen LogP contribution >= 0.6 is 0 Å². The molecule has 1 fully saturated rings. The molecule has 0 spiro atoms. The lowest BCUT2D eigenvalue weighted by molar-refractivity contribution is -0.206. The molecule has 1 aliphatic carbocycles. The van der Waals surface area contributed by atoms with Crippen LogP contribution in [0.25, 0.3) is 12.2 Å². The molecule has 1 aliphatic rings. The Hall–Kier alpha value is -4.75. The molecule has 0 aromatic heterocycles. The van der Waals surface area contributed by atoms with Gasteiger partial charge in [-0.2, -0.15) is 0 Å². The maximum atomic E-state index is 12.7. The number of benzene rings is 2. The summed E-state index contributed by atoms with van der Waals surface area (Å²) < 4.78 is 25.5. The predicted molar refractivity (Wildman–Crippen MR) is 141 cm³/mol. The highest BCUT2D eigenvalue weighted by Crippen LogP contribution is 2.38. The van der Waals surface area contributed by atoms with Gasteiger partial charge in [-0.25, -0.2) is 14.4 Å². The summed E-state index contributed by atoms with van der Waals surface area (Å²) >= 11 is 0. The lowest BCUT2D eigenvalue weighted by atomic mass is 9.79. The summed E-state index contributed by atoms with van der Waals surface area (Å²) in [4.78, 5) is 37.5. The first-order valence-electron chi connectivity index (χ1n) is 12.1. The Kier molecular flexibility index (Phi) is 9.81. The molecule has 13 nitrogen and oxygen atoms in total. The van der Waals surface area contributed by atoms with E-state index in [1.54, 1.807) is 0 Å². The molecular weight excluding hydrogens is 544 g/mol. The van der Waals surface area contributed by atoms with E-state index < -0.39 is 60.4 Å². The average molecular weight is 575 g/mol. The second-order valence-corrected chi connectivity index (χ2v) is 9.06. The van der Waals surface area contributed by atoms with Gasteiger partial charge in [-0.05, 0) is 47.5 Å². The number of esters is 3. The molecule has 0 saturated heterocycles. The van der Waals surface area contributed by atoms with E-state index >= 15 is 0 Å². The van der Waals surface area contributed by atoms with Crippen LogP contribution in [0.15, 0.2) is 42.5 Å². The highest BCUT2D eigenvalue weighted by Gasteiger charge is 2.52. The Morgan fingerprint density at radius 1 is 0.829 bits per heavy atom. The molecule has 0 radical (unpaired) electrons. The summed E-state index contributed by atoms with van der Waals surface area (Å²) in [5, 5.41) is 50.6.